The van der Waals surface area contributed by atoms with Crippen LogP contribution in [0.15, 0.2) is 41.4 Å². The monoisotopic (exact) mass is 313 g/mol. The minimum absolute atomic E-state index is 0.127. The molecule has 0 aromatic heterocycles. The van der Waals surface area contributed by atoms with Crippen LogP contribution in [-0.2, 0) is 0 Å². The van der Waals surface area contributed by atoms with Crippen LogP contribution in [-0.4, -0.2) is 24.3 Å². The Morgan fingerprint density at radius 3 is 2.70 bits per heavy atom. The molecule has 23 heavy (non-hydrogen) atoms. The van der Waals surface area contributed by atoms with E-state index in [1.54, 1.807) is 0 Å². The first-order chi connectivity index (χ1) is 11.0. The third-order valence-corrected chi connectivity index (χ3v) is 3.24. The van der Waals surface area contributed by atoms with Crippen LogP contribution in [0.3, 0.4) is 0 Å². The quantitative estimate of drug-likeness (QED) is 0.355. The molecule has 120 valence electrons. The lowest BCUT2D eigenvalue weighted by atomic mass is 10.1. The first kappa shape index (κ1) is 16.5. The number of nitro groups is 1. The van der Waals surface area contributed by atoms with Crippen LogP contribution in [0.2, 0.25) is 0 Å². The number of aryl methyl sites for hydroxylation is 2. The molecule has 0 aliphatic heterocycles. The van der Waals surface area contributed by atoms with E-state index in [1.165, 1.54) is 30.0 Å². The maximum Gasteiger partial charge on any atom is 0.270 e. The topological polar surface area (TPSA) is 87.8 Å². The summed E-state index contributed by atoms with van der Waals surface area (Å²) in [4.78, 5) is 14.2. The van der Waals surface area contributed by atoms with Crippen molar-refractivity contribution in [3.63, 3.8) is 0 Å². The molecular formula is C17H17N2O4-. The largest absolute Gasteiger partial charge is 0.872 e. The summed E-state index contributed by atoms with van der Waals surface area (Å²) in [6.07, 6.45) is 1.35. The van der Waals surface area contributed by atoms with Gasteiger partial charge in [0.15, 0.2) is 0 Å². The van der Waals surface area contributed by atoms with E-state index < -0.39 is 4.92 Å². The molecule has 0 saturated carbocycles. The molecular weight excluding hydrogens is 296 g/mol. The number of nitrogens with zero attached hydrogens (tertiary/aromatic N) is 2. The summed E-state index contributed by atoms with van der Waals surface area (Å²) in [5, 5.41) is 22.3. The fourth-order valence-electron chi connectivity index (χ4n) is 2.08. The second-order valence-electron chi connectivity index (χ2n) is 5.13. The first-order valence-corrected chi connectivity index (χ1v) is 7.12. The molecule has 0 spiro atoms. The predicted molar refractivity (Wildman–Crippen MR) is 86.4 cm³/mol. The lowest BCUT2D eigenvalue weighted by Gasteiger charge is -2.09. The van der Waals surface area contributed by atoms with Gasteiger partial charge in [0.25, 0.3) is 5.69 Å². The van der Waals surface area contributed by atoms with Gasteiger partial charge in [-0.15, -0.1) is 0 Å². The van der Waals surface area contributed by atoms with Gasteiger partial charge in [0, 0.05) is 18.3 Å². The molecule has 0 radical (unpaired) electrons. The van der Waals surface area contributed by atoms with E-state index in [2.05, 4.69) is 4.99 Å². The second-order valence-corrected chi connectivity index (χ2v) is 5.13. The van der Waals surface area contributed by atoms with Crippen LogP contribution < -0.4 is 9.84 Å². The van der Waals surface area contributed by atoms with Crippen molar-refractivity contribution in [3.05, 3.63) is 63.2 Å². The summed E-state index contributed by atoms with van der Waals surface area (Å²) >= 11 is 0. The summed E-state index contributed by atoms with van der Waals surface area (Å²) in [5.74, 6) is 0.500. The van der Waals surface area contributed by atoms with Crippen LogP contribution in [0, 0.1) is 24.0 Å². The summed E-state index contributed by atoms with van der Waals surface area (Å²) < 4.78 is 5.62. The van der Waals surface area contributed by atoms with Crippen molar-refractivity contribution in [2.24, 2.45) is 4.99 Å². The molecule has 0 fully saturated rings. The maximum atomic E-state index is 11.6. The third kappa shape index (κ3) is 4.54. The summed E-state index contributed by atoms with van der Waals surface area (Å²) in [6, 6.07) is 9.49. The number of ether oxygens (including phenoxy) is 1. The molecule has 2 aromatic carbocycles. The minimum Gasteiger partial charge on any atom is -0.872 e. The number of hydrogen-bond acceptors (Lipinski definition) is 5. The maximum absolute atomic E-state index is 11.6. The normalized spacial score (nSPS) is 10.9. The lowest BCUT2D eigenvalue weighted by Crippen LogP contribution is -2.03. The van der Waals surface area contributed by atoms with Gasteiger partial charge in [0.2, 0.25) is 0 Å². The van der Waals surface area contributed by atoms with Gasteiger partial charge in [0.1, 0.15) is 12.4 Å². The SMILES string of the molecule is Cc1ccc(OCCN=Cc2cc([N+](=O)[O-])ccc2[O-])c(C)c1. The predicted octanol–water partition coefficient (Wildman–Crippen LogP) is 2.78. The average Bonchev–Trinajstić information content (AvgIpc) is 2.50. The van der Waals surface area contributed by atoms with Crippen LogP contribution >= 0.6 is 0 Å². The highest BCUT2D eigenvalue weighted by atomic mass is 16.6. The van der Waals surface area contributed by atoms with Gasteiger partial charge in [-0.2, -0.15) is 0 Å². The smallest absolute Gasteiger partial charge is 0.270 e. The molecule has 0 bridgehead atoms. The van der Waals surface area contributed by atoms with Gasteiger partial charge in [-0.05, 0) is 31.0 Å². The number of rotatable bonds is 6. The Labute approximate surface area is 134 Å². The van der Waals surface area contributed by atoms with E-state index in [9.17, 15) is 15.2 Å². The number of benzene rings is 2. The van der Waals surface area contributed by atoms with Gasteiger partial charge in [-0.1, -0.05) is 29.5 Å². The summed E-state index contributed by atoms with van der Waals surface area (Å²) in [6.45, 7) is 4.71. The Morgan fingerprint density at radius 2 is 2.00 bits per heavy atom. The van der Waals surface area contributed by atoms with Crippen LogP contribution in [0.1, 0.15) is 16.7 Å². The summed E-state index contributed by atoms with van der Waals surface area (Å²) in [7, 11) is 0. The minimum atomic E-state index is -0.542. The third-order valence-electron chi connectivity index (χ3n) is 3.24. The van der Waals surface area contributed by atoms with E-state index in [-0.39, 0.29) is 17.0 Å². The van der Waals surface area contributed by atoms with Crippen LogP contribution in [0.25, 0.3) is 0 Å². The van der Waals surface area contributed by atoms with Crippen molar-refractivity contribution in [1.82, 2.24) is 0 Å². The van der Waals surface area contributed by atoms with Gasteiger partial charge in [0.05, 0.1) is 11.5 Å². The molecule has 2 rings (SSSR count). The van der Waals surface area contributed by atoms with E-state index in [4.69, 9.17) is 4.74 Å². The van der Waals surface area contributed by atoms with Gasteiger partial charge >= 0.3 is 0 Å². The number of aliphatic imine (C=N–C) groups is 1. The molecule has 0 N–H and O–H groups in total. The highest BCUT2D eigenvalue weighted by Crippen LogP contribution is 2.20. The molecule has 0 heterocycles. The number of hydrogen-bond donors (Lipinski definition) is 0. The fraction of sp³-hybridized carbons (Fsp3) is 0.235. The Kier molecular flexibility index (Phi) is 5.30. The van der Waals surface area contributed by atoms with Gasteiger partial charge < -0.3 is 9.84 Å². The van der Waals surface area contributed by atoms with E-state index >= 15 is 0 Å². The molecule has 6 heteroatoms. The average molecular weight is 313 g/mol. The van der Waals surface area contributed by atoms with Crippen LogP contribution in [0.5, 0.6) is 11.5 Å². The Bertz CT molecular complexity index is 741. The Hall–Kier alpha value is -2.89. The van der Waals surface area contributed by atoms with Crippen molar-refractivity contribution < 1.29 is 14.8 Å². The molecule has 0 unspecified atom stereocenters. The van der Waals surface area contributed by atoms with Crippen molar-refractivity contribution in [3.8, 4) is 11.5 Å². The number of non-ortho nitro benzene ring substituents is 1. The molecule has 6 nitrogen and oxygen atoms in total. The van der Waals surface area contributed by atoms with Crippen molar-refractivity contribution in [1.29, 1.82) is 0 Å². The van der Waals surface area contributed by atoms with E-state index in [1.807, 2.05) is 32.0 Å². The standard InChI is InChI=1S/C17H18N2O4/c1-12-3-6-17(13(2)9-12)23-8-7-18-11-14-10-15(19(21)22)4-5-16(14)20/h3-6,9-11,20H,7-8H2,1-2H3/p-1. The van der Waals surface area contributed by atoms with Crippen molar-refractivity contribution >= 4 is 11.9 Å². The first-order valence-electron chi connectivity index (χ1n) is 7.12. The van der Waals surface area contributed by atoms with Gasteiger partial charge in [-0.3, -0.25) is 15.1 Å². The van der Waals surface area contributed by atoms with Crippen LogP contribution in [0.4, 0.5) is 5.69 Å². The number of nitro benzene ring substituents is 1. The molecule has 0 saturated heterocycles. The molecule has 0 amide bonds. The Morgan fingerprint density at radius 1 is 1.22 bits per heavy atom. The van der Waals surface area contributed by atoms with E-state index in [0.29, 0.717) is 13.2 Å². The molecule has 0 atom stereocenters. The zero-order valence-electron chi connectivity index (χ0n) is 13.0. The molecule has 0 aliphatic carbocycles. The highest BCUT2D eigenvalue weighted by molar-refractivity contribution is 5.84. The van der Waals surface area contributed by atoms with Crippen molar-refractivity contribution in [2.45, 2.75) is 13.8 Å². The Balaban J connectivity index is 1.92. The van der Waals surface area contributed by atoms with Crippen molar-refractivity contribution in [2.75, 3.05) is 13.2 Å². The lowest BCUT2D eigenvalue weighted by molar-refractivity contribution is -0.385. The zero-order chi connectivity index (χ0) is 16.8. The van der Waals surface area contributed by atoms with E-state index in [0.717, 1.165) is 11.3 Å². The zero-order valence-corrected chi connectivity index (χ0v) is 13.0. The summed E-state index contributed by atoms with van der Waals surface area (Å²) in [5.41, 5.74) is 2.29. The fourth-order valence-corrected chi connectivity index (χ4v) is 2.08. The van der Waals surface area contributed by atoms with Gasteiger partial charge in [-0.25, -0.2) is 0 Å². The molecule has 0 aliphatic rings. The highest BCUT2D eigenvalue weighted by Gasteiger charge is 2.05. The molecule has 2 aromatic rings. The second kappa shape index (κ2) is 7.40.